The first-order valence-corrected chi connectivity index (χ1v) is 9.45. The Hall–Kier alpha value is -3.16. The number of fused-ring (bicyclic) bond motifs is 1. The van der Waals surface area contributed by atoms with Crippen LogP contribution in [-0.2, 0) is 16.1 Å². The molecule has 1 amide bonds. The molecule has 1 saturated heterocycles. The third kappa shape index (κ3) is 4.47. The zero-order valence-electron chi connectivity index (χ0n) is 15.7. The largest absolute Gasteiger partial charge is 0.475 e. The van der Waals surface area contributed by atoms with Crippen molar-refractivity contribution in [3.8, 4) is 0 Å². The van der Waals surface area contributed by atoms with Gasteiger partial charge in [0.2, 0.25) is 5.76 Å². The molecule has 7 heteroatoms. The molecule has 0 atom stereocenters. The van der Waals surface area contributed by atoms with Gasteiger partial charge >= 0.3 is 5.97 Å². The van der Waals surface area contributed by atoms with Gasteiger partial charge in [-0.3, -0.25) is 4.79 Å². The van der Waals surface area contributed by atoms with Crippen molar-refractivity contribution in [2.45, 2.75) is 25.6 Å². The Labute approximate surface area is 167 Å². The van der Waals surface area contributed by atoms with Gasteiger partial charge in [-0.2, -0.15) is 0 Å². The fourth-order valence-electron chi connectivity index (χ4n) is 3.34. The van der Waals surface area contributed by atoms with Gasteiger partial charge in [0.25, 0.3) is 5.91 Å². The van der Waals surface area contributed by atoms with E-state index in [2.05, 4.69) is 5.32 Å². The van der Waals surface area contributed by atoms with Crippen LogP contribution < -0.4 is 5.32 Å². The summed E-state index contributed by atoms with van der Waals surface area (Å²) >= 11 is 0. The van der Waals surface area contributed by atoms with Gasteiger partial charge in [0, 0.05) is 29.9 Å². The average Bonchev–Trinajstić information content (AvgIpc) is 3.17. The normalized spacial score (nSPS) is 14.8. The molecule has 4 rings (SSSR count). The number of anilines is 1. The van der Waals surface area contributed by atoms with E-state index < -0.39 is 5.97 Å². The van der Waals surface area contributed by atoms with Crippen molar-refractivity contribution in [2.24, 2.45) is 0 Å². The monoisotopic (exact) mass is 395 g/mol. The molecule has 7 nitrogen and oxygen atoms in total. The summed E-state index contributed by atoms with van der Waals surface area (Å²) in [6.45, 7) is 1.76. The SMILES string of the molecule is O=C(O)c1cc2cc(NC(=O)c3ccccc3COC3CCOCC3)ccc2o1. The molecule has 2 heterocycles. The third-order valence-corrected chi connectivity index (χ3v) is 4.89. The molecular formula is C22H21NO6. The minimum Gasteiger partial charge on any atom is -0.475 e. The first kappa shape index (κ1) is 19.2. The van der Waals surface area contributed by atoms with Crippen molar-refractivity contribution >= 4 is 28.5 Å². The maximum atomic E-state index is 12.8. The van der Waals surface area contributed by atoms with Crippen LogP contribution >= 0.6 is 0 Å². The number of carboxylic acids is 1. The molecule has 3 aromatic rings. The Morgan fingerprint density at radius 1 is 1.10 bits per heavy atom. The van der Waals surface area contributed by atoms with Crippen LogP contribution in [0.2, 0.25) is 0 Å². The molecule has 0 radical (unpaired) electrons. The molecule has 0 aliphatic carbocycles. The lowest BCUT2D eigenvalue weighted by Crippen LogP contribution is -2.24. The molecule has 1 aliphatic heterocycles. The first-order chi connectivity index (χ1) is 14.1. The van der Waals surface area contributed by atoms with Crippen molar-refractivity contribution in [1.29, 1.82) is 0 Å². The van der Waals surface area contributed by atoms with Crippen LogP contribution in [0.15, 0.2) is 52.9 Å². The van der Waals surface area contributed by atoms with Gasteiger partial charge in [0.05, 0.1) is 12.7 Å². The summed E-state index contributed by atoms with van der Waals surface area (Å²) in [5.41, 5.74) is 2.36. The van der Waals surface area contributed by atoms with Crippen molar-refractivity contribution in [2.75, 3.05) is 18.5 Å². The summed E-state index contributed by atoms with van der Waals surface area (Å²) in [5, 5.41) is 12.5. The van der Waals surface area contributed by atoms with Gasteiger partial charge in [0.15, 0.2) is 0 Å². The Morgan fingerprint density at radius 3 is 2.69 bits per heavy atom. The van der Waals surface area contributed by atoms with Crippen molar-refractivity contribution in [3.63, 3.8) is 0 Å². The molecule has 1 fully saturated rings. The second-order valence-corrected chi connectivity index (χ2v) is 6.90. The standard InChI is InChI=1S/C22H21NO6/c24-21(23-16-5-6-19-15(11-16)12-20(29-19)22(25)26)18-4-2-1-3-14(18)13-28-17-7-9-27-10-8-17/h1-6,11-12,17H,7-10,13H2,(H,23,24)(H,25,26). The van der Waals surface area contributed by atoms with E-state index >= 15 is 0 Å². The van der Waals surface area contributed by atoms with Crippen LogP contribution in [0, 0.1) is 0 Å². The number of ether oxygens (including phenoxy) is 2. The number of benzene rings is 2. The van der Waals surface area contributed by atoms with E-state index in [4.69, 9.17) is 19.0 Å². The number of nitrogens with one attached hydrogen (secondary N) is 1. The van der Waals surface area contributed by atoms with Gasteiger partial charge in [-0.15, -0.1) is 0 Å². The number of hydrogen-bond acceptors (Lipinski definition) is 5. The summed E-state index contributed by atoms with van der Waals surface area (Å²) in [6.07, 6.45) is 1.86. The summed E-state index contributed by atoms with van der Waals surface area (Å²) in [7, 11) is 0. The smallest absolute Gasteiger partial charge is 0.371 e. The van der Waals surface area contributed by atoms with Crippen molar-refractivity contribution < 1.29 is 28.6 Å². The fraction of sp³-hybridized carbons (Fsp3) is 0.273. The molecule has 0 unspecified atom stereocenters. The Morgan fingerprint density at radius 2 is 1.90 bits per heavy atom. The number of furan rings is 1. The molecule has 0 bridgehead atoms. The summed E-state index contributed by atoms with van der Waals surface area (Å²) in [6, 6.07) is 13.8. The van der Waals surface area contributed by atoms with Gasteiger partial charge in [0.1, 0.15) is 5.58 Å². The van der Waals surface area contributed by atoms with E-state index in [1.807, 2.05) is 18.2 Å². The van der Waals surface area contributed by atoms with Gasteiger partial charge in [-0.25, -0.2) is 4.79 Å². The zero-order valence-corrected chi connectivity index (χ0v) is 15.7. The van der Waals surface area contributed by atoms with E-state index in [1.54, 1.807) is 24.3 Å². The van der Waals surface area contributed by atoms with E-state index in [0.29, 0.717) is 42.0 Å². The highest BCUT2D eigenvalue weighted by atomic mass is 16.5. The predicted octanol–water partition coefficient (Wildman–Crippen LogP) is 4.08. The lowest BCUT2D eigenvalue weighted by Gasteiger charge is -2.23. The van der Waals surface area contributed by atoms with E-state index in [-0.39, 0.29) is 17.8 Å². The first-order valence-electron chi connectivity index (χ1n) is 9.45. The number of rotatable bonds is 6. The molecule has 0 saturated carbocycles. The number of aromatic carboxylic acids is 1. The number of carbonyl (C=O) groups is 2. The predicted molar refractivity (Wildman–Crippen MR) is 106 cm³/mol. The second kappa shape index (κ2) is 8.46. The molecule has 0 spiro atoms. The summed E-state index contributed by atoms with van der Waals surface area (Å²) in [5.74, 6) is -1.53. The molecule has 150 valence electrons. The van der Waals surface area contributed by atoms with Crippen LogP contribution in [0.3, 0.4) is 0 Å². The highest BCUT2D eigenvalue weighted by molar-refractivity contribution is 6.06. The number of amides is 1. The zero-order chi connectivity index (χ0) is 20.2. The summed E-state index contributed by atoms with van der Waals surface area (Å²) in [4.78, 5) is 23.9. The number of hydrogen-bond donors (Lipinski definition) is 2. The van der Waals surface area contributed by atoms with Crippen LogP contribution in [0.5, 0.6) is 0 Å². The molecule has 1 aliphatic rings. The maximum Gasteiger partial charge on any atom is 0.371 e. The van der Waals surface area contributed by atoms with E-state index in [1.165, 1.54) is 6.07 Å². The molecule has 2 N–H and O–H groups in total. The average molecular weight is 395 g/mol. The van der Waals surface area contributed by atoms with Crippen molar-refractivity contribution in [1.82, 2.24) is 0 Å². The quantitative estimate of drug-likeness (QED) is 0.653. The number of carboxylic acid groups (broad SMARTS) is 1. The minimum atomic E-state index is -1.13. The fourth-order valence-corrected chi connectivity index (χ4v) is 3.34. The molecule has 1 aromatic heterocycles. The second-order valence-electron chi connectivity index (χ2n) is 6.90. The molecule has 29 heavy (non-hydrogen) atoms. The lowest BCUT2D eigenvalue weighted by atomic mass is 10.1. The topological polar surface area (TPSA) is 98.0 Å². The lowest BCUT2D eigenvalue weighted by molar-refractivity contribution is -0.0391. The Balaban J connectivity index is 1.48. The highest BCUT2D eigenvalue weighted by Crippen LogP contribution is 2.24. The maximum absolute atomic E-state index is 12.8. The van der Waals surface area contributed by atoms with Crippen LogP contribution in [0.4, 0.5) is 5.69 Å². The van der Waals surface area contributed by atoms with Crippen molar-refractivity contribution in [3.05, 3.63) is 65.4 Å². The Bertz CT molecular complexity index is 1030. The third-order valence-electron chi connectivity index (χ3n) is 4.89. The van der Waals surface area contributed by atoms with Gasteiger partial charge in [-0.05, 0) is 48.7 Å². The Kier molecular flexibility index (Phi) is 5.59. The number of carbonyl (C=O) groups excluding carboxylic acids is 1. The van der Waals surface area contributed by atoms with E-state index in [0.717, 1.165) is 18.4 Å². The molecule has 2 aromatic carbocycles. The van der Waals surface area contributed by atoms with Gasteiger partial charge < -0.3 is 24.3 Å². The summed E-state index contributed by atoms with van der Waals surface area (Å²) < 4.78 is 16.6. The van der Waals surface area contributed by atoms with Crippen LogP contribution in [0.25, 0.3) is 11.0 Å². The highest BCUT2D eigenvalue weighted by Gasteiger charge is 2.17. The van der Waals surface area contributed by atoms with Gasteiger partial charge in [-0.1, -0.05) is 18.2 Å². The van der Waals surface area contributed by atoms with Crippen LogP contribution in [0.1, 0.15) is 39.3 Å². The minimum absolute atomic E-state index is 0.140. The van der Waals surface area contributed by atoms with Crippen LogP contribution in [-0.4, -0.2) is 36.3 Å². The molecular weight excluding hydrogens is 374 g/mol. The van der Waals surface area contributed by atoms with E-state index in [9.17, 15) is 9.59 Å².